The smallest absolute Gasteiger partial charge is 0.305 e. The first-order valence-corrected chi connectivity index (χ1v) is 9.50. The molecule has 0 aromatic heterocycles. The number of esters is 1. The van der Waals surface area contributed by atoms with Crippen LogP contribution in [0, 0.1) is 0 Å². The number of epoxide rings is 1. The van der Waals surface area contributed by atoms with Crippen LogP contribution in [0.25, 0.3) is 0 Å². The van der Waals surface area contributed by atoms with Crippen LogP contribution in [0.2, 0.25) is 0 Å². The highest BCUT2D eigenvalue weighted by Gasteiger charge is 2.35. The summed E-state index contributed by atoms with van der Waals surface area (Å²) in [5, 5.41) is 0. The van der Waals surface area contributed by atoms with Crippen molar-refractivity contribution in [1.29, 1.82) is 0 Å². The molecular formula is C21H34O3. The van der Waals surface area contributed by atoms with Gasteiger partial charge in [-0.05, 0) is 25.7 Å². The Morgan fingerprint density at radius 2 is 1.75 bits per heavy atom. The second-order valence-electron chi connectivity index (χ2n) is 6.36. The molecule has 0 aromatic rings. The number of methoxy groups -OCH3 is 1. The highest BCUT2D eigenvalue weighted by molar-refractivity contribution is 5.68. The van der Waals surface area contributed by atoms with Gasteiger partial charge in [0.15, 0.2) is 0 Å². The third kappa shape index (κ3) is 11.2. The highest BCUT2D eigenvalue weighted by atomic mass is 16.6. The molecule has 0 aliphatic carbocycles. The molecule has 136 valence electrons. The van der Waals surface area contributed by atoms with Gasteiger partial charge < -0.3 is 9.47 Å². The summed E-state index contributed by atoms with van der Waals surface area (Å²) >= 11 is 0. The van der Waals surface area contributed by atoms with Crippen molar-refractivity contribution in [2.75, 3.05) is 7.11 Å². The fourth-order valence-corrected chi connectivity index (χ4v) is 2.63. The highest BCUT2D eigenvalue weighted by Crippen LogP contribution is 2.28. The van der Waals surface area contributed by atoms with Crippen molar-refractivity contribution < 1.29 is 14.3 Å². The minimum atomic E-state index is -0.140. The summed E-state index contributed by atoms with van der Waals surface area (Å²) in [5.74, 6) is -0.140. The fraction of sp³-hybridized carbons (Fsp3) is 0.667. The van der Waals surface area contributed by atoms with Crippen LogP contribution in [0.3, 0.4) is 0 Å². The van der Waals surface area contributed by atoms with E-state index in [1.54, 1.807) is 0 Å². The number of hydrogen-bond donors (Lipinski definition) is 0. The van der Waals surface area contributed by atoms with E-state index in [9.17, 15) is 4.79 Å². The summed E-state index contributed by atoms with van der Waals surface area (Å²) in [6.07, 6.45) is 24.6. The van der Waals surface area contributed by atoms with E-state index in [-0.39, 0.29) is 18.2 Å². The Hall–Kier alpha value is -1.35. The Bertz CT molecular complexity index is 409. The standard InChI is InChI=1S/C21H34O3/c1-3-4-5-6-7-8-9-10-11-12-13-14-16-19-20(24-19)17-15-18-21(22)23-2/h10-14,16,19-20H,3-9,15,17-18H2,1-2H3/b11-10-,13-12+,16-14+/t19-,20+/m0/s1. The molecule has 0 unspecified atom stereocenters. The van der Waals surface area contributed by atoms with Gasteiger partial charge in [-0.15, -0.1) is 0 Å². The Balaban J connectivity index is 1.94. The van der Waals surface area contributed by atoms with Crippen LogP contribution >= 0.6 is 0 Å². The van der Waals surface area contributed by atoms with Gasteiger partial charge in [0, 0.05) is 6.42 Å². The SMILES string of the molecule is CCCCCCCC\C=C/C=C/C=C/[C@@H]1O[C@@H]1CCCC(=O)OC. The van der Waals surface area contributed by atoms with E-state index in [2.05, 4.69) is 36.0 Å². The van der Waals surface area contributed by atoms with Gasteiger partial charge in [-0.25, -0.2) is 0 Å². The third-order valence-corrected chi connectivity index (χ3v) is 4.21. The van der Waals surface area contributed by atoms with Crippen molar-refractivity contribution in [3.63, 3.8) is 0 Å². The molecule has 1 aliphatic heterocycles. The monoisotopic (exact) mass is 334 g/mol. The van der Waals surface area contributed by atoms with Crippen molar-refractivity contribution in [2.24, 2.45) is 0 Å². The first-order chi connectivity index (χ1) is 11.8. The maximum Gasteiger partial charge on any atom is 0.305 e. The number of ether oxygens (including phenoxy) is 2. The van der Waals surface area contributed by atoms with Gasteiger partial charge in [0.1, 0.15) is 6.10 Å². The molecule has 0 spiro atoms. The lowest BCUT2D eigenvalue weighted by molar-refractivity contribution is -0.140. The van der Waals surface area contributed by atoms with E-state index in [0.717, 1.165) is 12.8 Å². The topological polar surface area (TPSA) is 38.8 Å². The number of rotatable bonds is 14. The van der Waals surface area contributed by atoms with Crippen LogP contribution in [0.15, 0.2) is 36.5 Å². The van der Waals surface area contributed by atoms with Crippen molar-refractivity contribution in [3.8, 4) is 0 Å². The zero-order valence-electron chi connectivity index (χ0n) is 15.4. The molecule has 2 atom stereocenters. The molecule has 0 bridgehead atoms. The molecule has 0 saturated carbocycles. The van der Waals surface area contributed by atoms with Gasteiger partial charge in [0.2, 0.25) is 0 Å². The normalized spacial score (nSPS) is 20.4. The Morgan fingerprint density at radius 3 is 2.54 bits per heavy atom. The largest absolute Gasteiger partial charge is 0.469 e. The first-order valence-electron chi connectivity index (χ1n) is 9.50. The number of unbranched alkanes of at least 4 members (excludes halogenated alkanes) is 6. The maximum absolute atomic E-state index is 11.0. The molecule has 0 N–H and O–H groups in total. The van der Waals surface area contributed by atoms with Crippen molar-refractivity contribution in [1.82, 2.24) is 0 Å². The summed E-state index contributed by atoms with van der Waals surface area (Å²) < 4.78 is 10.2. The Morgan fingerprint density at radius 1 is 1.00 bits per heavy atom. The molecule has 0 aromatic carbocycles. The number of carbonyl (C=O) groups is 1. The van der Waals surface area contributed by atoms with Crippen LogP contribution < -0.4 is 0 Å². The van der Waals surface area contributed by atoms with E-state index < -0.39 is 0 Å². The third-order valence-electron chi connectivity index (χ3n) is 4.21. The van der Waals surface area contributed by atoms with Crippen LogP contribution in [-0.4, -0.2) is 25.3 Å². The minimum absolute atomic E-state index is 0.140. The second-order valence-corrected chi connectivity index (χ2v) is 6.36. The van der Waals surface area contributed by atoms with Gasteiger partial charge in [0.25, 0.3) is 0 Å². The Kier molecular flexibility index (Phi) is 12.1. The molecule has 1 rings (SSSR count). The van der Waals surface area contributed by atoms with E-state index >= 15 is 0 Å². The zero-order chi connectivity index (χ0) is 17.5. The van der Waals surface area contributed by atoms with Crippen molar-refractivity contribution in [3.05, 3.63) is 36.5 Å². The van der Waals surface area contributed by atoms with Gasteiger partial charge in [-0.2, -0.15) is 0 Å². The molecule has 1 aliphatic rings. The minimum Gasteiger partial charge on any atom is -0.469 e. The van der Waals surface area contributed by atoms with Crippen LogP contribution in [0.4, 0.5) is 0 Å². The molecule has 24 heavy (non-hydrogen) atoms. The molecule has 1 saturated heterocycles. The van der Waals surface area contributed by atoms with Crippen molar-refractivity contribution in [2.45, 2.75) is 83.3 Å². The van der Waals surface area contributed by atoms with Gasteiger partial charge >= 0.3 is 5.97 Å². The van der Waals surface area contributed by atoms with Gasteiger partial charge in [-0.1, -0.05) is 75.5 Å². The fourth-order valence-electron chi connectivity index (χ4n) is 2.63. The maximum atomic E-state index is 11.0. The van der Waals surface area contributed by atoms with Gasteiger partial charge in [-0.3, -0.25) is 4.79 Å². The van der Waals surface area contributed by atoms with E-state index in [1.807, 2.05) is 12.2 Å². The predicted octanol–water partition coefficient (Wildman–Crippen LogP) is 5.52. The summed E-state index contributed by atoms with van der Waals surface area (Å²) in [7, 11) is 1.43. The Labute approximate surface area is 147 Å². The van der Waals surface area contributed by atoms with Gasteiger partial charge in [0.05, 0.1) is 13.2 Å². The number of hydrogen-bond acceptors (Lipinski definition) is 3. The summed E-state index contributed by atoms with van der Waals surface area (Å²) in [5.41, 5.74) is 0. The molecule has 1 fully saturated rings. The molecule has 3 nitrogen and oxygen atoms in total. The second kappa shape index (κ2) is 14.0. The molecular weight excluding hydrogens is 300 g/mol. The molecule has 0 amide bonds. The van der Waals surface area contributed by atoms with Crippen LogP contribution in [-0.2, 0) is 14.3 Å². The quantitative estimate of drug-likeness (QED) is 0.182. The number of allylic oxidation sites excluding steroid dienone is 5. The summed E-state index contributed by atoms with van der Waals surface area (Å²) in [6, 6.07) is 0. The first kappa shape index (κ1) is 20.7. The molecule has 1 heterocycles. The zero-order valence-corrected chi connectivity index (χ0v) is 15.4. The summed E-state index contributed by atoms with van der Waals surface area (Å²) in [4.78, 5) is 11.0. The van der Waals surface area contributed by atoms with E-state index in [1.165, 1.54) is 52.1 Å². The summed E-state index contributed by atoms with van der Waals surface area (Å²) in [6.45, 7) is 2.25. The average molecular weight is 335 g/mol. The van der Waals surface area contributed by atoms with Crippen LogP contribution in [0.1, 0.15) is 71.1 Å². The van der Waals surface area contributed by atoms with E-state index in [0.29, 0.717) is 6.42 Å². The van der Waals surface area contributed by atoms with E-state index in [4.69, 9.17) is 4.74 Å². The van der Waals surface area contributed by atoms with Crippen LogP contribution in [0.5, 0.6) is 0 Å². The average Bonchev–Trinajstić information content (AvgIpc) is 3.34. The lowest BCUT2D eigenvalue weighted by Gasteiger charge is -1.97. The number of carbonyl (C=O) groups excluding carboxylic acids is 1. The predicted molar refractivity (Wildman–Crippen MR) is 99.9 cm³/mol. The lowest BCUT2D eigenvalue weighted by Crippen LogP contribution is -2.01. The molecule has 3 heteroatoms. The lowest BCUT2D eigenvalue weighted by atomic mass is 10.1. The van der Waals surface area contributed by atoms with Crippen molar-refractivity contribution >= 4 is 5.97 Å². The molecule has 0 radical (unpaired) electrons.